The van der Waals surface area contributed by atoms with Gasteiger partial charge in [-0.2, -0.15) is 0 Å². The number of anilines is 1. The SMILES string of the molecule is COCCN1CCCC1CNC(=O)c1ccc2c(c1)CCC(=O)N2. The molecule has 3 rings (SSSR count). The van der Waals surface area contributed by atoms with Crippen molar-refractivity contribution in [2.45, 2.75) is 31.7 Å². The van der Waals surface area contributed by atoms with Gasteiger partial charge < -0.3 is 15.4 Å². The Kier molecular flexibility index (Phi) is 5.48. The highest BCUT2D eigenvalue weighted by Crippen LogP contribution is 2.23. The number of ether oxygens (including phenoxy) is 1. The second kappa shape index (κ2) is 7.77. The first-order chi connectivity index (χ1) is 11.7. The third-order valence-corrected chi connectivity index (χ3v) is 4.84. The van der Waals surface area contributed by atoms with E-state index >= 15 is 0 Å². The molecule has 2 heterocycles. The summed E-state index contributed by atoms with van der Waals surface area (Å²) in [4.78, 5) is 26.2. The van der Waals surface area contributed by atoms with Gasteiger partial charge in [-0.1, -0.05) is 0 Å². The minimum Gasteiger partial charge on any atom is -0.383 e. The number of methoxy groups -OCH3 is 1. The summed E-state index contributed by atoms with van der Waals surface area (Å²) < 4.78 is 5.15. The average molecular weight is 331 g/mol. The zero-order chi connectivity index (χ0) is 16.9. The maximum absolute atomic E-state index is 12.4. The molecule has 6 nitrogen and oxygen atoms in total. The number of likely N-dealkylation sites (tertiary alicyclic amines) is 1. The van der Waals surface area contributed by atoms with Gasteiger partial charge in [0.05, 0.1) is 6.61 Å². The largest absolute Gasteiger partial charge is 0.383 e. The minimum absolute atomic E-state index is 0.0390. The number of nitrogens with one attached hydrogen (secondary N) is 2. The van der Waals surface area contributed by atoms with Crippen LogP contribution in [0.2, 0.25) is 0 Å². The van der Waals surface area contributed by atoms with Gasteiger partial charge in [-0.25, -0.2) is 0 Å². The van der Waals surface area contributed by atoms with Gasteiger partial charge in [0.15, 0.2) is 0 Å². The van der Waals surface area contributed by atoms with Crippen molar-refractivity contribution >= 4 is 17.5 Å². The van der Waals surface area contributed by atoms with Crippen LogP contribution < -0.4 is 10.6 Å². The quantitative estimate of drug-likeness (QED) is 0.827. The van der Waals surface area contributed by atoms with Gasteiger partial charge in [0.2, 0.25) is 5.91 Å². The number of amides is 2. The van der Waals surface area contributed by atoms with E-state index in [-0.39, 0.29) is 11.8 Å². The molecule has 0 saturated carbocycles. The lowest BCUT2D eigenvalue weighted by molar-refractivity contribution is -0.116. The van der Waals surface area contributed by atoms with Gasteiger partial charge in [-0.15, -0.1) is 0 Å². The zero-order valence-corrected chi connectivity index (χ0v) is 14.1. The highest BCUT2D eigenvalue weighted by molar-refractivity contribution is 5.97. The first kappa shape index (κ1) is 16.9. The second-order valence-corrected chi connectivity index (χ2v) is 6.45. The van der Waals surface area contributed by atoms with E-state index in [2.05, 4.69) is 15.5 Å². The predicted molar refractivity (Wildman–Crippen MR) is 92.2 cm³/mol. The van der Waals surface area contributed by atoms with Crippen LogP contribution in [-0.2, 0) is 16.0 Å². The van der Waals surface area contributed by atoms with Crippen LogP contribution in [0.1, 0.15) is 35.2 Å². The molecule has 0 bridgehead atoms. The van der Waals surface area contributed by atoms with Crippen LogP contribution in [0.15, 0.2) is 18.2 Å². The molecule has 2 N–H and O–H groups in total. The Labute approximate surface area is 142 Å². The molecule has 0 aliphatic carbocycles. The fourth-order valence-corrected chi connectivity index (χ4v) is 3.47. The maximum Gasteiger partial charge on any atom is 0.251 e. The summed E-state index contributed by atoms with van der Waals surface area (Å²) in [5, 5.41) is 5.89. The summed E-state index contributed by atoms with van der Waals surface area (Å²) in [6, 6.07) is 5.88. The molecule has 2 aliphatic heterocycles. The second-order valence-electron chi connectivity index (χ2n) is 6.45. The summed E-state index contributed by atoms with van der Waals surface area (Å²) in [6.45, 7) is 3.37. The molecule has 1 atom stereocenters. The van der Waals surface area contributed by atoms with Gasteiger partial charge in [-0.3, -0.25) is 14.5 Å². The van der Waals surface area contributed by atoms with Crippen molar-refractivity contribution in [3.05, 3.63) is 29.3 Å². The summed E-state index contributed by atoms with van der Waals surface area (Å²) in [5.74, 6) is -0.00891. The molecule has 1 fully saturated rings. The summed E-state index contributed by atoms with van der Waals surface area (Å²) >= 11 is 0. The number of hydrogen-bond acceptors (Lipinski definition) is 4. The minimum atomic E-state index is -0.0479. The molecule has 1 saturated heterocycles. The van der Waals surface area contributed by atoms with E-state index in [0.29, 0.717) is 31.0 Å². The molecule has 1 aromatic rings. The van der Waals surface area contributed by atoms with Crippen LogP contribution in [0.5, 0.6) is 0 Å². The van der Waals surface area contributed by atoms with Crippen molar-refractivity contribution in [3.63, 3.8) is 0 Å². The van der Waals surface area contributed by atoms with Crippen LogP contribution in [0, 0.1) is 0 Å². The highest BCUT2D eigenvalue weighted by Gasteiger charge is 2.24. The Balaban J connectivity index is 1.56. The number of rotatable bonds is 6. The van der Waals surface area contributed by atoms with E-state index in [1.54, 1.807) is 13.2 Å². The Morgan fingerprint density at radius 1 is 1.42 bits per heavy atom. The molecule has 2 amide bonds. The molecule has 0 spiro atoms. The highest BCUT2D eigenvalue weighted by atomic mass is 16.5. The average Bonchev–Trinajstić information content (AvgIpc) is 3.04. The van der Waals surface area contributed by atoms with Gasteiger partial charge in [-0.05, 0) is 49.6 Å². The standard InChI is InChI=1S/C18H25N3O3/c1-24-10-9-21-8-2-3-15(21)12-19-18(23)14-4-6-16-13(11-14)5-7-17(22)20-16/h4,6,11,15H,2-3,5,7-10,12H2,1H3,(H,19,23)(H,20,22). The number of carbonyl (C=O) groups excluding carboxylic acids is 2. The number of hydrogen-bond donors (Lipinski definition) is 2. The van der Waals surface area contributed by atoms with E-state index in [9.17, 15) is 9.59 Å². The summed E-state index contributed by atoms with van der Waals surface area (Å²) in [6.07, 6.45) is 3.45. The van der Waals surface area contributed by atoms with E-state index in [4.69, 9.17) is 4.74 Å². The van der Waals surface area contributed by atoms with E-state index in [0.717, 1.165) is 37.4 Å². The van der Waals surface area contributed by atoms with Crippen LogP contribution in [-0.4, -0.2) is 56.1 Å². The number of aryl methyl sites for hydroxylation is 1. The third-order valence-electron chi connectivity index (χ3n) is 4.84. The molecular weight excluding hydrogens is 306 g/mol. The van der Waals surface area contributed by atoms with E-state index < -0.39 is 0 Å². The van der Waals surface area contributed by atoms with E-state index in [1.165, 1.54) is 6.42 Å². The molecule has 0 aromatic heterocycles. The topological polar surface area (TPSA) is 70.7 Å². The molecule has 130 valence electrons. The van der Waals surface area contributed by atoms with Gasteiger partial charge in [0, 0.05) is 43.9 Å². The lowest BCUT2D eigenvalue weighted by atomic mass is 10.00. The van der Waals surface area contributed by atoms with Crippen LogP contribution >= 0.6 is 0 Å². The monoisotopic (exact) mass is 331 g/mol. The van der Waals surface area contributed by atoms with Crippen molar-refractivity contribution in [3.8, 4) is 0 Å². The molecule has 1 aromatic carbocycles. The van der Waals surface area contributed by atoms with Gasteiger partial charge in [0.25, 0.3) is 5.91 Å². The molecule has 0 radical (unpaired) electrons. The number of carbonyl (C=O) groups is 2. The predicted octanol–water partition coefficient (Wildman–Crippen LogP) is 1.41. The maximum atomic E-state index is 12.4. The number of fused-ring (bicyclic) bond motifs is 1. The Hall–Kier alpha value is -1.92. The lowest BCUT2D eigenvalue weighted by Gasteiger charge is -2.24. The molecule has 1 unspecified atom stereocenters. The molecule has 2 aliphatic rings. The molecule has 6 heteroatoms. The van der Waals surface area contributed by atoms with Crippen molar-refractivity contribution in [1.29, 1.82) is 0 Å². The lowest BCUT2D eigenvalue weighted by Crippen LogP contribution is -2.41. The fraction of sp³-hybridized carbons (Fsp3) is 0.556. The van der Waals surface area contributed by atoms with Crippen LogP contribution in [0.3, 0.4) is 0 Å². The first-order valence-corrected chi connectivity index (χ1v) is 8.61. The Morgan fingerprint density at radius 3 is 3.12 bits per heavy atom. The smallest absolute Gasteiger partial charge is 0.251 e. The first-order valence-electron chi connectivity index (χ1n) is 8.61. The van der Waals surface area contributed by atoms with E-state index in [1.807, 2.05) is 12.1 Å². The van der Waals surface area contributed by atoms with Crippen molar-refractivity contribution in [1.82, 2.24) is 10.2 Å². The number of nitrogens with zero attached hydrogens (tertiary/aromatic N) is 1. The van der Waals surface area contributed by atoms with Crippen molar-refractivity contribution in [2.24, 2.45) is 0 Å². The zero-order valence-electron chi connectivity index (χ0n) is 14.1. The van der Waals surface area contributed by atoms with Crippen LogP contribution in [0.4, 0.5) is 5.69 Å². The number of benzene rings is 1. The fourth-order valence-electron chi connectivity index (χ4n) is 3.47. The van der Waals surface area contributed by atoms with Crippen LogP contribution in [0.25, 0.3) is 0 Å². The van der Waals surface area contributed by atoms with Crippen molar-refractivity contribution in [2.75, 3.05) is 38.7 Å². The Bertz CT molecular complexity index is 618. The normalized spacial score (nSPS) is 20.5. The Morgan fingerprint density at radius 2 is 2.29 bits per heavy atom. The summed E-state index contributed by atoms with van der Waals surface area (Å²) in [5.41, 5.74) is 2.51. The molecule has 24 heavy (non-hydrogen) atoms. The van der Waals surface area contributed by atoms with Gasteiger partial charge >= 0.3 is 0 Å². The van der Waals surface area contributed by atoms with Gasteiger partial charge in [0.1, 0.15) is 0 Å². The van der Waals surface area contributed by atoms with Crippen molar-refractivity contribution < 1.29 is 14.3 Å². The molecular formula is C18H25N3O3. The summed E-state index contributed by atoms with van der Waals surface area (Å²) in [7, 11) is 1.71. The third kappa shape index (κ3) is 3.94.